The molecule has 126 valence electrons. The number of carbonyl (C=O) groups is 1. The highest BCUT2D eigenvalue weighted by atomic mass is 16.5. The van der Waals surface area contributed by atoms with Gasteiger partial charge in [0.05, 0.1) is 19.8 Å². The molecule has 2 aliphatic heterocycles. The molecular weight excluding hydrogens is 294 g/mol. The smallest absolute Gasteiger partial charge is 0.236 e. The van der Waals surface area contributed by atoms with E-state index in [1.807, 2.05) is 24.8 Å². The molecule has 7 heteroatoms. The molecule has 23 heavy (non-hydrogen) atoms. The zero-order chi connectivity index (χ0) is 16.2. The van der Waals surface area contributed by atoms with Crippen LogP contribution in [0.1, 0.15) is 11.5 Å². The summed E-state index contributed by atoms with van der Waals surface area (Å²) in [6, 6.07) is 2.01. The fourth-order valence-electron chi connectivity index (χ4n) is 3.09. The molecule has 7 nitrogen and oxygen atoms in total. The van der Waals surface area contributed by atoms with Crippen LogP contribution in [0, 0.1) is 13.8 Å². The van der Waals surface area contributed by atoms with Gasteiger partial charge in [-0.05, 0) is 13.8 Å². The second-order valence-electron chi connectivity index (χ2n) is 6.17. The molecule has 0 aliphatic carbocycles. The van der Waals surface area contributed by atoms with Gasteiger partial charge in [-0.1, -0.05) is 0 Å². The van der Waals surface area contributed by atoms with E-state index in [-0.39, 0.29) is 5.91 Å². The third-order valence-corrected chi connectivity index (χ3v) is 4.37. The quantitative estimate of drug-likeness (QED) is 0.786. The number of hydrogen-bond donors (Lipinski definition) is 0. The third kappa shape index (κ3) is 4.17. The molecule has 0 spiro atoms. The first-order valence-electron chi connectivity index (χ1n) is 8.27. The summed E-state index contributed by atoms with van der Waals surface area (Å²) < 4.78 is 5.32. The Hall–Kier alpha value is -1.73. The number of anilines is 1. The van der Waals surface area contributed by atoms with E-state index in [0.717, 1.165) is 69.8 Å². The largest absolute Gasteiger partial charge is 0.379 e. The number of carbonyl (C=O) groups excluding carboxylic acids is 1. The lowest BCUT2D eigenvalue weighted by molar-refractivity contribution is -0.133. The van der Waals surface area contributed by atoms with Crippen molar-refractivity contribution in [2.24, 2.45) is 0 Å². The molecule has 0 atom stereocenters. The predicted molar refractivity (Wildman–Crippen MR) is 87.6 cm³/mol. The molecule has 0 radical (unpaired) electrons. The minimum Gasteiger partial charge on any atom is -0.379 e. The van der Waals surface area contributed by atoms with Gasteiger partial charge < -0.3 is 14.5 Å². The molecule has 1 aromatic heterocycles. The van der Waals surface area contributed by atoms with Gasteiger partial charge in [-0.3, -0.25) is 9.69 Å². The third-order valence-electron chi connectivity index (χ3n) is 4.37. The predicted octanol–water partition coefficient (Wildman–Crippen LogP) is 0.0742. The van der Waals surface area contributed by atoms with Crippen molar-refractivity contribution in [3.8, 4) is 0 Å². The minimum absolute atomic E-state index is 0.224. The van der Waals surface area contributed by atoms with Crippen LogP contribution in [0.15, 0.2) is 6.07 Å². The molecular formula is C16H25N5O2. The van der Waals surface area contributed by atoms with E-state index in [0.29, 0.717) is 6.54 Å². The number of hydrogen-bond acceptors (Lipinski definition) is 6. The normalized spacial score (nSPS) is 19.9. The molecule has 3 rings (SSSR count). The molecule has 1 aromatic rings. The van der Waals surface area contributed by atoms with Crippen molar-refractivity contribution in [3.63, 3.8) is 0 Å². The maximum absolute atomic E-state index is 12.4. The molecule has 1 amide bonds. The van der Waals surface area contributed by atoms with Crippen molar-refractivity contribution in [2.45, 2.75) is 13.8 Å². The van der Waals surface area contributed by atoms with Crippen LogP contribution in [-0.2, 0) is 9.53 Å². The number of rotatable bonds is 3. The molecule has 2 fully saturated rings. The van der Waals surface area contributed by atoms with E-state index in [1.165, 1.54) is 0 Å². The Labute approximate surface area is 137 Å². The fraction of sp³-hybridized carbons (Fsp3) is 0.688. The molecule has 0 unspecified atom stereocenters. The van der Waals surface area contributed by atoms with E-state index in [9.17, 15) is 4.79 Å². The maximum atomic E-state index is 12.4. The summed E-state index contributed by atoms with van der Waals surface area (Å²) in [6.45, 7) is 10.7. The molecule has 3 heterocycles. The van der Waals surface area contributed by atoms with E-state index in [1.54, 1.807) is 0 Å². The van der Waals surface area contributed by atoms with E-state index in [4.69, 9.17) is 4.74 Å². The van der Waals surface area contributed by atoms with Crippen LogP contribution in [0.4, 0.5) is 5.82 Å². The number of aromatic nitrogens is 2. The Balaban J connectivity index is 1.52. The van der Waals surface area contributed by atoms with Gasteiger partial charge in [0.25, 0.3) is 0 Å². The van der Waals surface area contributed by atoms with Crippen molar-refractivity contribution in [1.82, 2.24) is 19.8 Å². The SMILES string of the molecule is Cc1cc(N2CCN(C(=O)CN3CCOCC3)CC2)nc(C)n1. The lowest BCUT2D eigenvalue weighted by Crippen LogP contribution is -2.52. The Bertz CT molecular complexity index is 531. The average Bonchev–Trinajstić information content (AvgIpc) is 2.55. The van der Waals surface area contributed by atoms with Crippen molar-refractivity contribution in [1.29, 1.82) is 0 Å². The fourth-order valence-corrected chi connectivity index (χ4v) is 3.09. The van der Waals surface area contributed by atoms with Gasteiger partial charge in [0.2, 0.25) is 5.91 Å². The van der Waals surface area contributed by atoms with E-state index < -0.39 is 0 Å². The number of aryl methyl sites for hydroxylation is 2. The van der Waals surface area contributed by atoms with Crippen molar-refractivity contribution >= 4 is 11.7 Å². The zero-order valence-corrected chi connectivity index (χ0v) is 14.0. The van der Waals surface area contributed by atoms with E-state index >= 15 is 0 Å². The van der Waals surface area contributed by atoms with Crippen molar-refractivity contribution in [3.05, 3.63) is 17.6 Å². The summed E-state index contributed by atoms with van der Waals surface area (Å²) in [6.07, 6.45) is 0. The van der Waals surface area contributed by atoms with Crippen molar-refractivity contribution in [2.75, 3.05) is 63.9 Å². The zero-order valence-electron chi connectivity index (χ0n) is 14.0. The van der Waals surface area contributed by atoms with Gasteiger partial charge in [0.15, 0.2) is 0 Å². The monoisotopic (exact) mass is 319 g/mol. The number of ether oxygens (including phenoxy) is 1. The highest BCUT2D eigenvalue weighted by molar-refractivity contribution is 5.78. The lowest BCUT2D eigenvalue weighted by Gasteiger charge is -2.37. The highest BCUT2D eigenvalue weighted by Gasteiger charge is 2.24. The van der Waals surface area contributed by atoms with Crippen LogP contribution in [0.5, 0.6) is 0 Å². The van der Waals surface area contributed by atoms with E-state index in [2.05, 4.69) is 19.8 Å². The van der Waals surface area contributed by atoms with Gasteiger partial charge in [0.1, 0.15) is 11.6 Å². The second kappa shape index (κ2) is 7.23. The molecule has 0 N–H and O–H groups in total. The minimum atomic E-state index is 0.224. The van der Waals surface area contributed by atoms with Gasteiger partial charge in [-0.2, -0.15) is 0 Å². The summed E-state index contributed by atoms with van der Waals surface area (Å²) in [5.74, 6) is 1.99. The summed E-state index contributed by atoms with van der Waals surface area (Å²) in [5.41, 5.74) is 0.985. The molecule has 2 aliphatic rings. The van der Waals surface area contributed by atoms with Gasteiger partial charge in [-0.25, -0.2) is 9.97 Å². The van der Waals surface area contributed by atoms with Gasteiger partial charge >= 0.3 is 0 Å². The molecule has 0 aromatic carbocycles. The first kappa shape index (κ1) is 16.1. The standard InChI is InChI=1S/C16H25N5O2/c1-13-11-15(18-14(2)17-13)20-3-5-21(6-4-20)16(22)12-19-7-9-23-10-8-19/h11H,3-10,12H2,1-2H3. The highest BCUT2D eigenvalue weighted by Crippen LogP contribution is 2.15. The van der Waals surface area contributed by atoms with Crippen LogP contribution < -0.4 is 4.90 Å². The summed E-state index contributed by atoms with van der Waals surface area (Å²) in [4.78, 5) is 27.6. The average molecular weight is 319 g/mol. The Morgan fingerprint density at radius 3 is 2.43 bits per heavy atom. The summed E-state index contributed by atoms with van der Waals surface area (Å²) >= 11 is 0. The number of morpholine rings is 1. The Morgan fingerprint density at radius 1 is 1.09 bits per heavy atom. The number of nitrogens with zero attached hydrogens (tertiary/aromatic N) is 5. The Morgan fingerprint density at radius 2 is 1.78 bits per heavy atom. The van der Waals surface area contributed by atoms with Crippen LogP contribution in [-0.4, -0.2) is 84.7 Å². The first-order chi connectivity index (χ1) is 11.1. The van der Waals surface area contributed by atoms with Crippen LogP contribution in [0.2, 0.25) is 0 Å². The van der Waals surface area contributed by atoms with Crippen molar-refractivity contribution < 1.29 is 9.53 Å². The topological polar surface area (TPSA) is 61.8 Å². The maximum Gasteiger partial charge on any atom is 0.236 e. The van der Waals surface area contributed by atoms with Crippen LogP contribution in [0.25, 0.3) is 0 Å². The van der Waals surface area contributed by atoms with Crippen LogP contribution >= 0.6 is 0 Å². The molecule has 2 saturated heterocycles. The lowest BCUT2D eigenvalue weighted by atomic mass is 10.2. The number of amides is 1. The first-order valence-corrected chi connectivity index (χ1v) is 8.27. The second-order valence-corrected chi connectivity index (χ2v) is 6.17. The molecule has 0 bridgehead atoms. The summed E-state index contributed by atoms with van der Waals surface area (Å²) in [5, 5.41) is 0. The van der Waals surface area contributed by atoms with Gasteiger partial charge in [0, 0.05) is 51.0 Å². The van der Waals surface area contributed by atoms with Crippen LogP contribution in [0.3, 0.4) is 0 Å². The Kier molecular flexibility index (Phi) is 5.07. The number of piperazine rings is 1. The van der Waals surface area contributed by atoms with Gasteiger partial charge in [-0.15, -0.1) is 0 Å². The summed E-state index contributed by atoms with van der Waals surface area (Å²) in [7, 11) is 0. The molecule has 0 saturated carbocycles.